The smallest absolute Gasteiger partial charge is 0.330 e. The molecule has 2 bridgehead atoms. The largest absolute Gasteiger partial charge is 0.479 e. The summed E-state index contributed by atoms with van der Waals surface area (Å²) in [6.45, 7) is 0. The average Bonchev–Trinajstić information content (AvgIpc) is 2.95. The standard InChI is InChI=1S/C33H40N4O4/c38-31(35-29(33(40)41)22-12-5-4-6-13-22)30-32(39)37(28-19-10-9-18-27(28)34-30)26-20-24-16-11-17-25(21-26)36(24)23-14-7-2-1-3-8-15-23/h4-6,9-10,12-13,18-19,23-26,29H,1-3,7-8,11,14-17,20-21H2,(H,35,38)(H,40,41)/t24-,25+,26+,29-/m0/s1. The average molecular weight is 557 g/mol. The topological polar surface area (TPSA) is 105 Å². The second-order valence-electron chi connectivity index (χ2n) is 12.1. The van der Waals surface area contributed by atoms with Crippen LogP contribution in [0.4, 0.5) is 0 Å². The van der Waals surface area contributed by atoms with E-state index in [0.717, 1.165) is 31.2 Å². The molecule has 1 aromatic heterocycles. The Kier molecular flexibility index (Phi) is 8.19. The number of aromatic nitrogens is 2. The third kappa shape index (κ3) is 5.67. The van der Waals surface area contributed by atoms with Gasteiger partial charge in [-0.25, -0.2) is 9.78 Å². The van der Waals surface area contributed by atoms with Gasteiger partial charge in [-0.15, -0.1) is 0 Å². The first-order valence-electron chi connectivity index (χ1n) is 15.4. The Bertz CT molecular complexity index is 1430. The summed E-state index contributed by atoms with van der Waals surface area (Å²) in [5.74, 6) is -1.96. The molecule has 8 heteroatoms. The van der Waals surface area contributed by atoms with Crippen molar-refractivity contribution in [2.24, 2.45) is 0 Å². The molecule has 3 aliphatic rings. The van der Waals surface area contributed by atoms with Gasteiger partial charge in [-0.05, 0) is 56.2 Å². The Morgan fingerprint density at radius 2 is 1.39 bits per heavy atom. The van der Waals surface area contributed by atoms with Crippen molar-refractivity contribution in [3.05, 3.63) is 76.2 Å². The zero-order valence-electron chi connectivity index (χ0n) is 23.6. The molecule has 1 amide bonds. The van der Waals surface area contributed by atoms with E-state index in [1.54, 1.807) is 34.9 Å². The van der Waals surface area contributed by atoms with Gasteiger partial charge in [0.15, 0.2) is 11.7 Å². The first-order chi connectivity index (χ1) is 20.0. The second kappa shape index (κ2) is 12.1. The van der Waals surface area contributed by atoms with Crippen LogP contribution in [-0.2, 0) is 4.79 Å². The molecule has 1 aliphatic carbocycles. The fourth-order valence-corrected chi connectivity index (χ4v) is 7.73. The maximum absolute atomic E-state index is 14.1. The molecule has 8 nitrogen and oxygen atoms in total. The van der Waals surface area contributed by atoms with Crippen LogP contribution >= 0.6 is 0 Å². The van der Waals surface area contributed by atoms with Gasteiger partial charge in [0.1, 0.15) is 0 Å². The maximum atomic E-state index is 14.1. The van der Waals surface area contributed by atoms with Gasteiger partial charge in [-0.2, -0.15) is 0 Å². The van der Waals surface area contributed by atoms with E-state index in [1.165, 1.54) is 51.4 Å². The van der Waals surface area contributed by atoms with E-state index in [4.69, 9.17) is 0 Å². The van der Waals surface area contributed by atoms with Gasteiger partial charge in [0, 0.05) is 24.2 Å². The summed E-state index contributed by atoms with van der Waals surface area (Å²) in [6, 6.07) is 16.2. The molecule has 3 fully saturated rings. The monoisotopic (exact) mass is 556 g/mol. The number of para-hydroxylation sites is 2. The van der Waals surface area contributed by atoms with Crippen molar-refractivity contribution in [2.45, 2.75) is 107 Å². The van der Waals surface area contributed by atoms with E-state index in [-0.39, 0.29) is 11.7 Å². The van der Waals surface area contributed by atoms with Gasteiger partial charge in [-0.1, -0.05) is 81.0 Å². The van der Waals surface area contributed by atoms with Crippen LogP contribution in [0.2, 0.25) is 0 Å². The zero-order chi connectivity index (χ0) is 28.3. The lowest BCUT2D eigenvalue weighted by molar-refractivity contribution is -0.139. The van der Waals surface area contributed by atoms with E-state index in [0.29, 0.717) is 29.2 Å². The number of carbonyl (C=O) groups is 2. The van der Waals surface area contributed by atoms with Crippen molar-refractivity contribution in [3.8, 4) is 0 Å². The second-order valence-corrected chi connectivity index (χ2v) is 12.1. The number of hydrogen-bond acceptors (Lipinski definition) is 5. The minimum Gasteiger partial charge on any atom is -0.479 e. The van der Waals surface area contributed by atoms with Gasteiger partial charge in [-0.3, -0.25) is 14.5 Å². The normalized spacial score (nSPS) is 24.7. The highest BCUT2D eigenvalue weighted by Crippen LogP contribution is 2.42. The molecule has 4 atom stereocenters. The van der Waals surface area contributed by atoms with Gasteiger partial charge in [0.2, 0.25) is 0 Å². The number of hydrogen-bond donors (Lipinski definition) is 2. The van der Waals surface area contributed by atoms with Gasteiger partial charge in [0.05, 0.1) is 11.0 Å². The highest BCUT2D eigenvalue weighted by Gasteiger charge is 2.42. The Morgan fingerprint density at radius 3 is 2.07 bits per heavy atom. The van der Waals surface area contributed by atoms with E-state index >= 15 is 0 Å². The summed E-state index contributed by atoms with van der Waals surface area (Å²) in [4.78, 5) is 46.9. The highest BCUT2D eigenvalue weighted by atomic mass is 16.4. The zero-order valence-corrected chi connectivity index (χ0v) is 23.6. The number of nitrogens with zero attached hydrogens (tertiary/aromatic N) is 3. The summed E-state index contributed by atoms with van der Waals surface area (Å²) < 4.78 is 1.80. The number of nitrogens with one attached hydrogen (secondary N) is 1. The van der Waals surface area contributed by atoms with Crippen LogP contribution in [0.5, 0.6) is 0 Å². The summed E-state index contributed by atoms with van der Waals surface area (Å²) >= 11 is 0. The number of fused-ring (bicyclic) bond motifs is 3. The minimum atomic E-state index is -1.28. The van der Waals surface area contributed by atoms with Crippen LogP contribution in [0.1, 0.15) is 105 Å². The number of carboxylic acid groups (broad SMARTS) is 1. The van der Waals surface area contributed by atoms with Gasteiger partial charge < -0.3 is 15.0 Å². The molecular weight excluding hydrogens is 516 g/mol. The lowest BCUT2D eigenvalue weighted by Crippen LogP contribution is -2.57. The number of piperidine rings is 2. The summed E-state index contributed by atoms with van der Waals surface area (Å²) in [6.07, 6.45) is 14.4. The molecule has 216 valence electrons. The van der Waals surface area contributed by atoms with Crippen molar-refractivity contribution >= 4 is 22.9 Å². The molecule has 6 rings (SSSR count). The van der Waals surface area contributed by atoms with Crippen LogP contribution in [-0.4, -0.2) is 49.6 Å². The lowest BCUT2D eigenvalue weighted by Gasteiger charge is -2.53. The third-order valence-electron chi connectivity index (χ3n) is 9.53. The van der Waals surface area contributed by atoms with Crippen molar-refractivity contribution in [1.82, 2.24) is 19.8 Å². The van der Waals surface area contributed by atoms with Crippen molar-refractivity contribution in [2.75, 3.05) is 0 Å². The SMILES string of the molecule is O=C(N[C@H](C(=O)O)c1ccccc1)c1nc2ccccc2n([C@H]2C[C@H]3CCC[C@@H](C2)N3C2CCCCCCC2)c1=O. The molecule has 3 heterocycles. The minimum absolute atomic E-state index is 0.0357. The Labute approximate surface area is 240 Å². The fraction of sp³-hybridized carbons (Fsp3) is 0.515. The van der Waals surface area contributed by atoms with Crippen LogP contribution in [0.15, 0.2) is 59.4 Å². The molecule has 2 saturated heterocycles. The molecule has 0 radical (unpaired) electrons. The maximum Gasteiger partial charge on any atom is 0.330 e. The van der Waals surface area contributed by atoms with Crippen molar-refractivity contribution in [1.29, 1.82) is 0 Å². The highest BCUT2D eigenvalue weighted by molar-refractivity contribution is 5.96. The molecular formula is C33H40N4O4. The predicted octanol–water partition coefficient (Wildman–Crippen LogP) is 5.62. The van der Waals surface area contributed by atoms with Crippen LogP contribution in [0, 0.1) is 0 Å². The van der Waals surface area contributed by atoms with Gasteiger partial charge in [0.25, 0.3) is 11.5 Å². The van der Waals surface area contributed by atoms with Crippen LogP contribution in [0.25, 0.3) is 11.0 Å². The number of carboxylic acids is 1. The van der Waals surface area contributed by atoms with Crippen molar-refractivity contribution in [3.63, 3.8) is 0 Å². The Hall–Kier alpha value is -3.52. The summed E-state index contributed by atoms with van der Waals surface area (Å²) in [7, 11) is 0. The first kappa shape index (κ1) is 27.6. The predicted molar refractivity (Wildman–Crippen MR) is 158 cm³/mol. The quantitative estimate of drug-likeness (QED) is 0.408. The van der Waals surface area contributed by atoms with Crippen LogP contribution in [0.3, 0.4) is 0 Å². The third-order valence-corrected chi connectivity index (χ3v) is 9.53. The molecule has 2 N–H and O–H groups in total. The van der Waals surface area contributed by atoms with E-state index < -0.39 is 23.5 Å². The number of amides is 1. The number of carbonyl (C=O) groups excluding carboxylic acids is 1. The van der Waals surface area contributed by atoms with Gasteiger partial charge >= 0.3 is 5.97 Å². The molecule has 2 aliphatic heterocycles. The van der Waals surface area contributed by atoms with E-state index in [1.807, 2.05) is 24.3 Å². The van der Waals surface area contributed by atoms with E-state index in [9.17, 15) is 19.5 Å². The fourth-order valence-electron chi connectivity index (χ4n) is 7.73. The molecule has 2 aromatic carbocycles. The lowest BCUT2D eigenvalue weighted by atomic mass is 9.79. The Morgan fingerprint density at radius 1 is 0.780 bits per heavy atom. The number of benzene rings is 2. The molecule has 3 aromatic rings. The van der Waals surface area contributed by atoms with Crippen molar-refractivity contribution < 1.29 is 14.7 Å². The molecule has 0 spiro atoms. The number of rotatable bonds is 6. The number of aliphatic carboxylic acids is 1. The summed E-state index contributed by atoms with van der Waals surface area (Å²) in [5, 5.41) is 12.4. The Balaban J connectivity index is 1.33. The van der Waals surface area contributed by atoms with E-state index in [2.05, 4.69) is 15.2 Å². The first-order valence-corrected chi connectivity index (χ1v) is 15.4. The molecule has 1 saturated carbocycles. The van der Waals surface area contributed by atoms with Crippen LogP contribution < -0.4 is 10.9 Å². The molecule has 0 unspecified atom stereocenters. The summed E-state index contributed by atoms with van der Waals surface area (Å²) in [5.41, 5.74) is 1.04. The molecule has 41 heavy (non-hydrogen) atoms.